The lowest BCUT2D eigenvalue weighted by molar-refractivity contribution is -0.119. The Balaban J connectivity index is 1.49. The molecule has 0 bridgehead atoms. The number of nitrogens with one attached hydrogen (secondary N) is 1. The molecular weight excluding hydrogens is 488 g/mol. The summed E-state index contributed by atoms with van der Waals surface area (Å²) < 4.78 is 49.5. The molecule has 1 unspecified atom stereocenters. The van der Waals surface area contributed by atoms with Gasteiger partial charge in [0.25, 0.3) is 0 Å². The summed E-state index contributed by atoms with van der Waals surface area (Å²) in [6.45, 7) is 4.91. The highest BCUT2D eigenvalue weighted by Crippen LogP contribution is 2.33. The van der Waals surface area contributed by atoms with Gasteiger partial charge in [0, 0.05) is 12.1 Å². The van der Waals surface area contributed by atoms with E-state index >= 15 is 0 Å². The van der Waals surface area contributed by atoms with Crippen molar-refractivity contribution in [3.8, 4) is 28.7 Å². The van der Waals surface area contributed by atoms with Crippen molar-refractivity contribution in [2.45, 2.75) is 37.6 Å². The van der Waals surface area contributed by atoms with Crippen LogP contribution in [0.25, 0.3) is 11.5 Å². The van der Waals surface area contributed by atoms with Crippen molar-refractivity contribution in [3.05, 3.63) is 42.5 Å². The van der Waals surface area contributed by atoms with Crippen LogP contribution < -0.4 is 19.5 Å². The molecule has 0 radical (unpaired) electrons. The van der Waals surface area contributed by atoms with Gasteiger partial charge in [-0.05, 0) is 69.2 Å². The summed E-state index contributed by atoms with van der Waals surface area (Å²) in [5, 5.41) is 10.5. The first kappa shape index (κ1) is 25.5. The minimum absolute atomic E-state index is 0.0867. The first-order chi connectivity index (χ1) is 17.4. The van der Waals surface area contributed by atoms with Crippen LogP contribution in [0.1, 0.15) is 26.7 Å². The molecule has 1 aliphatic heterocycles. The molecule has 2 heterocycles. The number of carbonyl (C=O) groups excluding carboxylic acids is 1. The Morgan fingerprint density at radius 2 is 1.81 bits per heavy atom. The van der Waals surface area contributed by atoms with Gasteiger partial charge in [0.2, 0.25) is 21.8 Å². The number of aromatic nitrogens is 2. The zero-order chi connectivity index (χ0) is 25.7. The van der Waals surface area contributed by atoms with Crippen LogP contribution in [0.4, 0.5) is 6.01 Å². The molecule has 1 amide bonds. The van der Waals surface area contributed by atoms with E-state index < -0.39 is 22.0 Å². The number of ether oxygens (including phenoxy) is 3. The number of carbonyl (C=O) groups is 1. The maximum absolute atomic E-state index is 13.2. The van der Waals surface area contributed by atoms with Gasteiger partial charge in [0.1, 0.15) is 11.8 Å². The Kier molecular flexibility index (Phi) is 7.75. The molecule has 192 valence electrons. The van der Waals surface area contributed by atoms with E-state index in [4.69, 9.17) is 18.6 Å². The quantitative estimate of drug-likeness (QED) is 0.431. The highest BCUT2D eigenvalue weighted by atomic mass is 32.2. The minimum atomic E-state index is -3.88. The summed E-state index contributed by atoms with van der Waals surface area (Å²) in [4.78, 5) is 13.1. The number of hydrogen-bond acceptors (Lipinski definition) is 9. The maximum atomic E-state index is 13.2. The number of anilines is 1. The first-order valence-electron chi connectivity index (χ1n) is 11.6. The Hall–Kier alpha value is -3.64. The van der Waals surface area contributed by atoms with Crippen LogP contribution >= 0.6 is 0 Å². The van der Waals surface area contributed by atoms with E-state index in [1.54, 1.807) is 30.3 Å². The number of methoxy groups -OCH3 is 1. The van der Waals surface area contributed by atoms with Crippen molar-refractivity contribution in [1.82, 2.24) is 14.5 Å². The molecule has 0 saturated carbocycles. The fraction of sp³-hybridized carbons (Fsp3) is 0.375. The lowest BCUT2D eigenvalue weighted by Gasteiger charge is -2.22. The highest BCUT2D eigenvalue weighted by Gasteiger charge is 2.40. The summed E-state index contributed by atoms with van der Waals surface area (Å²) in [7, 11) is -2.38. The molecule has 1 aliphatic rings. The van der Waals surface area contributed by atoms with Crippen molar-refractivity contribution in [2.75, 3.05) is 32.2 Å². The second kappa shape index (κ2) is 11.0. The van der Waals surface area contributed by atoms with Crippen LogP contribution in [0.15, 0.2) is 51.8 Å². The zero-order valence-electron chi connectivity index (χ0n) is 20.3. The molecule has 11 nitrogen and oxygen atoms in total. The monoisotopic (exact) mass is 516 g/mol. The first-order valence-corrected chi connectivity index (χ1v) is 13.0. The predicted octanol–water partition coefficient (Wildman–Crippen LogP) is 3.33. The third-order valence-electron chi connectivity index (χ3n) is 5.62. The minimum Gasteiger partial charge on any atom is -0.497 e. The number of benzene rings is 2. The van der Waals surface area contributed by atoms with Gasteiger partial charge < -0.3 is 18.6 Å². The fourth-order valence-electron chi connectivity index (χ4n) is 3.94. The molecule has 1 aromatic heterocycles. The van der Waals surface area contributed by atoms with Gasteiger partial charge in [-0.1, -0.05) is 5.10 Å². The van der Waals surface area contributed by atoms with Gasteiger partial charge in [0.15, 0.2) is 11.5 Å². The molecule has 1 N–H and O–H groups in total. The van der Waals surface area contributed by atoms with Crippen molar-refractivity contribution >= 4 is 21.9 Å². The van der Waals surface area contributed by atoms with Gasteiger partial charge in [-0.25, -0.2) is 8.42 Å². The molecule has 2 aromatic carbocycles. The van der Waals surface area contributed by atoms with Gasteiger partial charge >= 0.3 is 6.01 Å². The van der Waals surface area contributed by atoms with Crippen LogP contribution in [0, 0.1) is 0 Å². The second-order valence-corrected chi connectivity index (χ2v) is 9.77. The van der Waals surface area contributed by atoms with Crippen LogP contribution in [0.3, 0.4) is 0 Å². The van der Waals surface area contributed by atoms with Gasteiger partial charge in [-0.15, -0.1) is 5.10 Å². The normalized spacial score (nSPS) is 16.0. The van der Waals surface area contributed by atoms with Crippen molar-refractivity contribution in [2.24, 2.45) is 0 Å². The summed E-state index contributed by atoms with van der Waals surface area (Å²) in [5.41, 5.74) is 0.583. The van der Waals surface area contributed by atoms with Crippen LogP contribution in [-0.4, -0.2) is 61.7 Å². The number of hydrogen-bond donors (Lipinski definition) is 1. The predicted molar refractivity (Wildman–Crippen MR) is 131 cm³/mol. The molecule has 0 aliphatic carbocycles. The maximum Gasteiger partial charge on any atom is 0.322 e. The van der Waals surface area contributed by atoms with Crippen molar-refractivity contribution in [1.29, 1.82) is 0 Å². The summed E-state index contributed by atoms with van der Waals surface area (Å²) >= 11 is 0. The van der Waals surface area contributed by atoms with E-state index in [1.165, 1.54) is 23.5 Å². The summed E-state index contributed by atoms with van der Waals surface area (Å²) in [6, 6.07) is 10.2. The van der Waals surface area contributed by atoms with Crippen molar-refractivity contribution < 1.29 is 31.8 Å². The molecule has 12 heteroatoms. The van der Waals surface area contributed by atoms with E-state index in [1.807, 2.05) is 13.8 Å². The average molecular weight is 517 g/mol. The fourth-order valence-corrected chi connectivity index (χ4v) is 5.59. The SMILES string of the molecule is CCOc1ccc(-c2nnc(NC(=O)C3CCCN3S(=O)(=O)c3ccc(OC)cc3)o2)cc1OCC. The number of nitrogens with zero attached hydrogens (tertiary/aromatic N) is 3. The van der Waals surface area contributed by atoms with Crippen LogP contribution in [0.5, 0.6) is 17.2 Å². The smallest absolute Gasteiger partial charge is 0.322 e. The third kappa shape index (κ3) is 5.29. The Morgan fingerprint density at radius 1 is 1.08 bits per heavy atom. The molecular formula is C24H28N4O7S. The standard InChI is InChI=1S/C24H28N4O7S/c1-4-33-20-13-8-16(15-21(20)34-5-2)23-26-27-24(35-23)25-22(29)19-7-6-14-28(19)36(30,31)18-11-9-17(32-3)10-12-18/h8-13,15,19H,4-7,14H2,1-3H3,(H,25,27,29). The second-order valence-electron chi connectivity index (χ2n) is 7.88. The Bertz CT molecular complexity index is 1310. The van der Waals surface area contributed by atoms with Gasteiger partial charge in [-0.3, -0.25) is 10.1 Å². The molecule has 1 fully saturated rings. The topological polar surface area (TPSA) is 133 Å². The molecule has 1 saturated heterocycles. The highest BCUT2D eigenvalue weighted by molar-refractivity contribution is 7.89. The van der Waals surface area contributed by atoms with Crippen LogP contribution in [-0.2, 0) is 14.8 Å². The molecule has 36 heavy (non-hydrogen) atoms. The van der Waals surface area contributed by atoms with E-state index in [0.717, 1.165) is 0 Å². The van der Waals surface area contributed by atoms with E-state index in [-0.39, 0.29) is 23.3 Å². The molecule has 0 spiro atoms. The van der Waals surface area contributed by atoms with E-state index in [9.17, 15) is 13.2 Å². The number of amides is 1. The Labute approximate surface area is 209 Å². The number of sulfonamides is 1. The van der Waals surface area contributed by atoms with E-state index in [0.29, 0.717) is 48.9 Å². The largest absolute Gasteiger partial charge is 0.497 e. The average Bonchev–Trinajstić information content (AvgIpc) is 3.56. The lowest BCUT2D eigenvalue weighted by atomic mass is 10.2. The third-order valence-corrected chi connectivity index (χ3v) is 7.54. The zero-order valence-corrected chi connectivity index (χ0v) is 21.1. The molecule has 4 rings (SSSR count). The van der Waals surface area contributed by atoms with Gasteiger partial charge in [-0.2, -0.15) is 4.31 Å². The Morgan fingerprint density at radius 3 is 2.50 bits per heavy atom. The number of rotatable bonds is 10. The summed E-state index contributed by atoms with van der Waals surface area (Å²) in [6.07, 6.45) is 0.924. The van der Waals surface area contributed by atoms with Crippen molar-refractivity contribution in [3.63, 3.8) is 0 Å². The van der Waals surface area contributed by atoms with Crippen LogP contribution in [0.2, 0.25) is 0 Å². The molecule has 3 aromatic rings. The summed E-state index contributed by atoms with van der Waals surface area (Å²) in [5.74, 6) is 1.30. The van der Waals surface area contributed by atoms with Gasteiger partial charge in [0.05, 0.1) is 25.2 Å². The van der Waals surface area contributed by atoms with E-state index in [2.05, 4.69) is 15.5 Å². The lowest BCUT2D eigenvalue weighted by Crippen LogP contribution is -2.43. The molecule has 1 atom stereocenters.